The van der Waals surface area contributed by atoms with Crippen molar-refractivity contribution < 1.29 is 4.79 Å². The number of rotatable bonds is 5. The SMILES string of the molecule is CC(CNC(=O)C(C)n1cnc2c1c(=O)n(C)c(=O)n2C)c1ccccc1. The van der Waals surface area contributed by atoms with Crippen LogP contribution in [0.15, 0.2) is 46.2 Å². The second-order valence-corrected chi connectivity index (χ2v) is 6.76. The van der Waals surface area contributed by atoms with E-state index in [0.717, 1.165) is 10.1 Å². The third-order valence-corrected chi connectivity index (χ3v) is 4.92. The van der Waals surface area contributed by atoms with Crippen LogP contribution in [-0.2, 0) is 18.9 Å². The van der Waals surface area contributed by atoms with E-state index in [4.69, 9.17) is 0 Å². The molecule has 0 fully saturated rings. The van der Waals surface area contributed by atoms with Gasteiger partial charge in [0.15, 0.2) is 11.2 Å². The molecule has 3 rings (SSSR count). The maximum atomic E-state index is 12.6. The summed E-state index contributed by atoms with van der Waals surface area (Å²) in [6, 6.07) is 9.29. The first kappa shape index (κ1) is 18.6. The molecule has 3 aromatic rings. The van der Waals surface area contributed by atoms with E-state index < -0.39 is 17.3 Å². The Morgan fingerprint density at radius 2 is 1.78 bits per heavy atom. The van der Waals surface area contributed by atoms with Crippen LogP contribution in [0.25, 0.3) is 11.2 Å². The second-order valence-electron chi connectivity index (χ2n) is 6.76. The van der Waals surface area contributed by atoms with Crippen molar-refractivity contribution in [3.63, 3.8) is 0 Å². The third kappa shape index (κ3) is 3.30. The molecule has 27 heavy (non-hydrogen) atoms. The van der Waals surface area contributed by atoms with Gasteiger partial charge in [-0.15, -0.1) is 0 Å². The Morgan fingerprint density at radius 3 is 2.44 bits per heavy atom. The highest BCUT2D eigenvalue weighted by Gasteiger charge is 2.22. The fourth-order valence-electron chi connectivity index (χ4n) is 3.08. The van der Waals surface area contributed by atoms with Crippen molar-refractivity contribution in [2.75, 3.05) is 6.54 Å². The average Bonchev–Trinajstić information content (AvgIpc) is 3.13. The Hall–Kier alpha value is -3.16. The van der Waals surface area contributed by atoms with Crippen LogP contribution in [0.3, 0.4) is 0 Å². The first-order chi connectivity index (χ1) is 12.8. The summed E-state index contributed by atoms with van der Waals surface area (Å²) in [7, 11) is 2.96. The average molecular weight is 369 g/mol. The molecule has 1 amide bonds. The number of fused-ring (bicyclic) bond motifs is 1. The predicted octanol–water partition coefficient (Wildman–Crippen LogP) is 0.915. The van der Waals surface area contributed by atoms with Gasteiger partial charge in [0, 0.05) is 20.6 Å². The van der Waals surface area contributed by atoms with E-state index in [1.165, 1.54) is 22.5 Å². The van der Waals surface area contributed by atoms with E-state index in [2.05, 4.69) is 10.3 Å². The smallest absolute Gasteiger partial charge is 0.332 e. The standard InChI is InChI=1S/C19H23N5O3/c1-12(14-8-6-5-7-9-14)10-20-17(25)13(2)24-11-21-16-15(24)18(26)23(4)19(27)22(16)3/h5-9,11-13H,10H2,1-4H3,(H,20,25). The van der Waals surface area contributed by atoms with Crippen LogP contribution in [0.1, 0.15) is 31.4 Å². The number of hydrogen-bond donors (Lipinski definition) is 1. The normalized spacial score (nSPS) is 13.5. The maximum absolute atomic E-state index is 12.6. The molecule has 8 heteroatoms. The lowest BCUT2D eigenvalue weighted by Gasteiger charge is -2.17. The summed E-state index contributed by atoms with van der Waals surface area (Å²) >= 11 is 0. The minimum absolute atomic E-state index is 0.163. The second kappa shape index (κ2) is 7.22. The van der Waals surface area contributed by atoms with Gasteiger partial charge in [-0.05, 0) is 18.4 Å². The van der Waals surface area contributed by atoms with Crippen molar-refractivity contribution in [1.82, 2.24) is 24.0 Å². The van der Waals surface area contributed by atoms with Crippen LogP contribution in [0.2, 0.25) is 0 Å². The number of hydrogen-bond acceptors (Lipinski definition) is 4. The zero-order valence-corrected chi connectivity index (χ0v) is 15.8. The van der Waals surface area contributed by atoms with Crippen LogP contribution in [0.4, 0.5) is 0 Å². The summed E-state index contributed by atoms with van der Waals surface area (Å²) in [5.41, 5.74) is 0.718. The monoisotopic (exact) mass is 369 g/mol. The molecule has 0 saturated heterocycles. The molecular formula is C19H23N5O3. The number of imidazole rings is 1. The number of carbonyl (C=O) groups excluding carboxylic acids is 1. The fraction of sp³-hybridized carbons (Fsp3) is 0.368. The summed E-state index contributed by atoms with van der Waals surface area (Å²) in [5, 5.41) is 2.93. The Morgan fingerprint density at radius 1 is 1.11 bits per heavy atom. The van der Waals surface area contributed by atoms with Crippen LogP contribution in [0, 0.1) is 0 Å². The van der Waals surface area contributed by atoms with Crippen LogP contribution in [-0.4, -0.2) is 31.1 Å². The van der Waals surface area contributed by atoms with Crippen molar-refractivity contribution in [3.05, 3.63) is 63.1 Å². The first-order valence-corrected chi connectivity index (χ1v) is 8.78. The molecular weight excluding hydrogens is 346 g/mol. The van der Waals surface area contributed by atoms with Crippen LogP contribution < -0.4 is 16.6 Å². The van der Waals surface area contributed by atoms with E-state index in [0.29, 0.717) is 6.54 Å². The lowest BCUT2D eigenvalue weighted by Crippen LogP contribution is -2.39. The van der Waals surface area contributed by atoms with Crippen LogP contribution in [0.5, 0.6) is 0 Å². The Bertz CT molecular complexity index is 1090. The maximum Gasteiger partial charge on any atom is 0.332 e. The Balaban J connectivity index is 1.84. The zero-order valence-electron chi connectivity index (χ0n) is 15.8. The number of aryl methyl sites for hydroxylation is 1. The molecule has 0 saturated carbocycles. The highest BCUT2D eigenvalue weighted by Crippen LogP contribution is 2.16. The minimum atomic E-state index is -0.636. The molecule has 1 aromatic carbocycles. The van der Waals surface area contributed by atoms with Crippen LogP contribution >= 0.6 is 0 Å². The van der Waals surface area contributed by atoms with Gasteiger partial charge in [0.1, 0.15) is 6.04 Å². The number of nitrogens with zero attached hydrogens (tertiary/aromatic N) is 4. The molecule has 2 heterocycles. The molecule has 142 valence electrons. The fourth-order valence-corrected chi connectivity index (χ4v) is 3.08. The van der Waals surface area contributed by atoms with Gasteiger partial charge in [-0.25, -0.2) is 9.78 Å². The van der Waals surface area contributed by atoms with Crippen molar-refractivity contribution >= 4 is 17.1 Å². The highest BCUT2D eigenvalue weighted by molar-refractivity contribution is 5.82. The van der Waals surface area contributed by atoms with Gasteiger partial charge in [-0.1, -0.05) is 37.3 Å². The molecule has 0 aliphatic heterocycles. The number of carbonyl (C=O) groups is 1. The van der Waals surface area contributed by atoms with E-state index in [9.17, 15) is 14.4 Å². The predicted molar refractivity (Wildman–Crippen MR) is 103 cm³/mol. The summed E-state index contributed by atoms with van der Waals surface area (Å²) in [4.78, 5) is 41.3. The molecule has 0 spiro atoms. The van der Waals surface area contributed by atoms with E-state index >= 15 is 0 Å². The molecule has 8 nitrogen and oxygen atoms in total. The number of amides is 1. The van der Waals surface area contributed by atoms with Gasteiger partial charge in [0.05, 0.1) is 6.33 Å². The molecule has 0 aliphatic rings. The van der Waals surface area contributed by atoms with E-state index in [1.807, 2.05) is 37.3 Å². The van der Waals surface area contributed by atoms with E-state index in [1.54, 1.807) is 14.0 Å². The van der Waals surface area contributed by atoms with Gasteiger partial charge in [-0.3, -0.25) is 18.7 Å². The van der Waals surface area contributed by atoms with E-state index in [-0.39, 0.29) is 23.0 Å². The molecule has 1 N–H and O–H groups in total. The molecule has 2 atom stereocenters. The largest absolute Gasteiger partial charge is 0.354 e. The van der Waals surface area contributed by atoms with Gasteiger partial charge >= 0.3 is 5.69 Å². The molecule has 0 bridgehead atoms. The topological polar surface area (TPSA) is 90.9 Å². The Labute approximate surface area is 156 Å². The van der Waals surface area contributed by atoms with Gasteiger partial charge in [-0.2, -0.15) is 0 Å². The number of aromatic nitrogens is 4. The molecule has 2 aromatic heterocycles. The van der Waals surface area contributed by atoms with Gasteiger partial charge < -0.3 is 9.88 Å². The summed E-state index contributed by atoms with van der Waals surface area (Å²) in [5.74, 6) is -0.0523. The first-order valence-electron chi connectivity index (χ1n) is 8.78. The molecule has 2 unspecified atom stereocenters. The minimum Gasteiger partial charge on any atom is -0.354 e. The highest BCUT2D eigenvalue weighted by atomic mass is 16.2. The van der Waals surface area contributed by atoms with Gasteiger partial charge in [0.25, 0.3) is 5.56 Å². The summed E-state index contributed by atoms with van der Waals surface area (Å²) in [6.45, 7) is 4.23. The van der Waals surface area contributed by atoms with Crippen molar-refractivity contribution in [2.45, 2.75) is 25.8 Å². The quantitative estimate of drug-likeness (QED) is 0.724. The lowest BCUT2D eigenvalue weighted by atomic mass is 10.0. The van der Waals surface area contributed by atoms with Crippen molar-refractivity contribution in [2.24, 2.45) is 14.1 Å². The summed E-state index contributed by atoms with van der Waals surface area (Å²) < 4.78 is 3.83. The zero-order chi connectivity index (χ0) is 19.7. The number of benzene rings is 1. The molecule has 0 radical (unpaired) electrons. The Kier molecular flexibility index (Phi) is 4.98. The summed E-state index contributed by atoms with van der Waals surface area (Å²) in [6.07, 6.45) is 1.43. The van der Waals surface area contributed by atoms with Crippen molar-refractivity contribution in [3.8, 4) is 0 Å². The number of nitrogens with one attached hydrogen (secondary N) is 1. The van der Waals surface area contributed by atoms with Crippen molar-refractivity contribution in [1.29, 1.82) is 0 Å². The van der Waals surface area contributed by atoms with Gasteiger partial charge in [0.2, 0.25) is 5.91 Å². The third-order valence-electron chi connectivity index (χ3n) is 4.92. The molecule has 0 aliphatic carbocycles. The lowest BCUT2D eigenvalue weighted by molar-refractivity contribution is -0.123.